The highest BCUT2D eigenvalue weighted by Crippen LogP contribution is 2.38. The molecular weight excluding hydrogens is 492 g/mol. The molecule has 2 heterocycles. The van der Waals surface area contributed by atoms with Crippen molar-refractivity contribution in [1.29, 1.82) is 0 Å². The number of carbonyl (C=O) groups is 1. The smallest absolute Gasteiger partial charge is 0.241 e. The highest BCUT2D eigenvalue weighted by molar-refractivity contribution is 7.98. The van der Waals surface area contributed by atoms with Crippen LogP contribution in [0.1, 0.15) is 33.6 Å². The monoisotopic (exact) mass is 516 g/mol. The van der Waals surface area contributed by atoms with Crippen LogP contribution in [0, 0.1) is 4.91 Å². The number of nitroso groups, excluding NO2 is 1. The molecule has 1 aliphatic heterocycles. The van der Waals surface area contributed by atoms with E-state index in [1.165, 1.54) is 11.3 Å². The quantitative estimate of drug-likeness (QED) is 0.330. The van der Waals surface area contributed by atoms with E-state index in [0.717, 1.165) is 33.8 Å². The number of sulfonamides is 1. The molecule has 1 amide bonds. The van der Waals surface area contributed by atoms with Gasteiger partial charge < -0.3 is 4.90 Å². The lowest BCUT2D eigenvalue weighted by Crippen LogP contribution is -2.40. The Kier molecular flexibility index (Phi) is 6.90. The van der Waals surface area contributed by atoms with Gasteiger partial charge in [-0.15, -0.1) is 16.2 Å². The second-order valence-electron chi connectivity index (χ2n) is 8.90. The van der Waals surface area contributed by atoms with E-state index < -0.39 is 15.6 Å². The fourth-order valence-corrected chi connectivity index (χ4v) is 6.75. The molecule has 3 aromatic rings. The molecule has 1 saturated heterocycles. The molecule has 11 heteroatoms. The minimum Gasteiger partial charge on any atom is -0.312 e. The van der Waals surface area contributed by atoms with E-state index in [1.54, 1.807) is 62.2 Å². The molecule has 1 fully saturated rings. The molecule has 1 aliphatic rings. The Bertz CT molecular complexity index is 1330. The van der Waals surface area contributed by atoms with Gasteiger partial charge >= 0.3 is 0 Å². The Balaban J connectivity index is 1.76. The highest BCUT2D eigenvalue weighted by Gasteiger charge is 2.29. The van der Waals surface area contributed by atoms with Crippen LogP contribution in [-0.4, -0.2) is 31.4 Å². The summed E-state index contributed by atoms with van der Waals surface area (Å²) in [5.74, 6) is -0.00801. The number of anilines is 1. The third kappa shape index (κ3) is 5.38. The van der Waals surface area contributed by atoms with Crippen molar-refractivity contribution in [2.45, 2.75) is 48.9 Å². The van der Waals surface area contributed by atoms with Crippen LogP contribution in [0.4, 0.5) is 5.69 Å². The van der Waals surface area contributed by atoms with E-state index >= 15 is 0 Å². The molecule has 0 spiro atoms. The normalized spacial score (nSPS) is 14.6. The molecule has 1 aromatic heterocycles. The number of aromatic nitrogens is 1. The van der Waals surface area contributed by atoms with Crippen LogP contribution < -0.4 is 9.62 Å². The van der Waals surface area contributed by atoms with Gasteiger partial charge in [0.25, 0.3) is 0 Å². The lowest BCUT2D eigenvalue weighted by molar-refractivity contribution is -0.117. The number of amides is 1. The lowest BCUT2D eigenvalue weighted by Gasteiger charge is -2.23. The van der Waals surface area contributed by atoms with Crippen LogP contribution in [0.25, 0.3) is 21.0 Å². The lowest BCUT2D eigenvalue weighted by atomic mass is 10.1. The maximum Gasteiger partial charge on any atom is 0.241 e. The summed E-state index contributed by atoms with van der Waals surface area (Å²) in [6, 6.07) is 12.4. The van der Waals surface area contributed by atoms with Crippen molar-refractivity contribution in [3.05, 3.63) is 53.6 Å². The van der Waals surface area contributed by atoms with E-state index in [1.807, 2.05) is 12.1 Å². The van der Waals surface area contributed by atoms with E-state index in [0.29, 0.717) is 29.1 Å². The average Bonchev–Trinajstić information content (AvgIpc) is 3.42. The number of rotatable bonds is 7. The zero-order chi connectivity index (χ0) is 24.5. The summed E-state index contributed by atoms with van der Waals surface area (Å²) in [5.41, 5.74) is 1.27. The van der Waals surface area contributed by atoms with Crippen LogP contribution in [-0.2, 0) is 14.8 Å². The standard InChI is InChI=1S/C23H24N4O4S3/c1-23(2,3)25-34(30,31)20-13-16(27-12-4-5-21(27)28)8-11-18(20)19-14-24-22(32-19)15-6-9-17(10-7-15)33-26-29/h6-11,13-14,25H,4-5,12H2,1-3H3. The first kappa shape index (κ1) is 24.5. The van der Waals surface area contributed by atoms with Crippen LogP contribution in [0.3, 0.4) is 0 Å². The van der Waals surface area contributed by atoms with Gasteiger partial charge in [-0.25, -0.2) is 18.1 Å². The highest BCUT2D eigenvalue weighted by atomic mass is 32.2. The number of nitrogens with zero attached hydrogens (tertiary/aromatic N) is 3. The summed E-state index contributed by atoms with van der Waals surface area (Å²) >= 11 is 2.22. The molecule has 0 bridgehead atoms. The van der Waals surface area contributed by atoms with Crippen molar-refractivity contribution < 1.29 is 13.2 Å². The Morgan fingerprint density at radius 2 is 1.88 bits per heavy atom. The second-order valence-corrected chi connectivity index (χ2v) is 12.4. The van der Waals surface area contributed by atoms with Gasteiger partial charge in [0.15, 0.2) is 0 Å². The van der Waals surface area contributed by atoms with Gasteiger partial charge in [0, 0.05) is 51.0 Å². The van der Waals surface area contributed by atoms with Gasteiger partial charge in [0.2, 0.25) is 15.9 Å². The largest absolute Gasteiger partial charge is 0.312 e. The van der Waals surface area contributed by atoms with Gasteiger partial charge in [0.1, 0.15) is 5.01 Å². The summed E-state index contributed by atoms with van der Waals surface area (Å²) in [6.45, 7) is 5.92. The molecule has 0 unspecified atom stereocenters. The van der Waals surface area contributed by atoms with Crippen molar-refractivity contribution in [3.8, 4) is 21.0 Å². The van der Waals surface area contributed by atoms with E-state index in [2.05, 4.69) is 14.3 Å². The SMILES string of the molecule is CC(C)(C)NS(=O)(=O)c1cc(N2CCCC2=O)ccc1-c1cnc(-c2ccc(SN=O)cc2)s1. The Morgan fingerprint density at radius 3 is 2.50 bits per heavy atom. The molecule has 1 N–H and O–H groups in total. The molecule has 0 radical (unpaired) electrons. The van der Waals surface area contributed by atoms with Crippen LogP contribution in [0.15, 0.2) is 63.0 Å². The minimum absolute atomic E-state index is 0.00801. The van der Waals surface area contributed by atoms with E-state index in [9.17, 15) is 18.1 Å². The van der Waals surface area contributed by atoms with Gasteiger partial charge in [-0.05, 0) is 51.5 Å². The van der Waals surface area contributed by atoms with E-state index in [-0.39, 0.29) is 10.8 Å². The fourth-order valence-electron chi connectivity index (χ4n) is 3.72. The number of benzene rings is 2. The number of hydrogen-bond acceptors (Lipinski definition) is 8. The predicted octanol–water partition coefficient (Wildman–Crippen LogP) is 5.45. The third-order valence-corrected chi connectivity index (χ3v) is 8.53. The topological polar surface area (TPSA) is 109 Å². The summed E-state index contributed by atoms with van der Waals surface area (Å²) in [7, 11) is -3.89. The molecule has 0 atom stereocenters. The zero-order valence-electron chi connectivity index (χ0n) is 18.9. The first-order valence-corrected chi connectivity index (χ1v) is 13.7. The Hall–Kier alpha value is -2.60. The predicted molar refractivity (Wildman–Crippen MR) is 136 cm³/mol. The van der Waals surface area contributed by atoms with Crippen molar-refractivity contribution in [2.24, 2.45) is 4.58 Å². The van der Waals surface area contributed by atoms with Crippen LogP contribution >= 0.6 is 23.3 Å². The van der Waals surface area contributed by atoms with Crippen molar-refractivity contribution in [3.63, 3.8) is 0 Å². The van der Waals surface area contributed by atoms with Gasteiger partial charge in [-0.3, -0.25) is 4.79 Å². The van der Waals surface area contributed by atoms with Gasteiger partial charge in [-0.1, -0.05) is 18.2 Å². The van der Waals surface area contributed by atoms with Gasteiger partial charge in [-0.2, -0.15) is 0 Å². The summed E-state index contributed by atoms with van der Waals surface area (Å²) in [5, 5.41) is 0.719. The van der Waals surface area contributed by atoms with Crippen LogP contribution in [0.5, 0.6) is 0 Å². The number of nitrogens with one attached hydrogen (secondary N) is 1. The summed E-state index contributed by atoms with van der Waals surface area (Å²) < 4.78 is 32.3. The molecule has 0 aliphatic carbocycles. The summed E-state index contributed by atoms with van der Waals surface area (Å²) in [6.07, 6.45) is 2.87. The summed E-state index contributed by atoms with van der Waals surface area (Å²) in [4.78, 5) is 30.4. The third-order valence-electron chi connectivity index (χ3n) is 5.10. The minimum atomic E-state index is -3.89. The molecule has 34 heavy (non-hydrogen) atoms. The average molecular weight is 517 g/mol. The first-order valence-electron chi connectivity index (χ1n) is 10.6. The maximum absolute atomic E-state index is 13.4. The molecule has 2 aromatic carbocycles. The number of carbonyl (C=O) groups excluding carboxylic acids is 1. The first-order chi connectivity index (χ1) is 16.1. The van der Waals surface area contributed by atoms with E-state index in [4.69, 9.17) is 0 Å². The van der Waals surface area contributed by atoms with Gasteiger partial charge in [0.05, 0.1) is 21.7 Å². The fraction of sp³-hybridized carbons (Fsp3) is 0.304. The van der Waals surface area contributed by atoms with Crippen molar-refractivity contribution in [2.75, 3.05) is 11.4 Å². The zero-order valence-corrected chi connectivity index (χ0v) is 21.4. The molecule has 4 rings (SSSR count). The molecule has 0 saturated carbocycles. The molecule has 8 nitrogen and oxygen atoms in total. The maximum atomic E-state index is 13.4. The number of thiazole rings is 1. The van der Waals surface area contributed by atoms with Crippen molar-refractivity contribution >= 4 is 44.9 Å². The Morgan fingerprint density at radius 1 is 1.15 bits per heavy atom. The Labute approximate surface area is 207 Å². The molecular formula is C23H24N4O4S3. The number of hydrogen-bond donors (Lipinski definition) is 1. The van der Waals surface area contributed by atoms with Crippen LogP contribution in [0.2, 0.25) is 0 Å². The molecule has 178 valence electrons. The van der Waals surface area contributed by atoms with Crippen molar-refractivity contribution in [1.82, 2.24) is 9.71 Å². The second kappa shape index (κ2) is 9.57.